The van der Waals surface area contributed by atoms with Crippen LogP contribution in [-0.2, 0) is 14.3 Å². The molecule has 2 N–H and O–H groups in total. The van der Waals surface area contributed by atoms with E-state index in [2.05, 4.69) is 24.5 Å². The highest BCUT2D eigenvalue weighted by Crippen LogP contribution is 2.38. The van der Waals surface area contributed by atoms with Gasteiger partial charge in [-0.3, -0.25) is 9.69 Å². The lowest BCUT2D eigenvalue weighted by Crippen LogP contribution is -2.52. The van der Waals surface area contributed by atoms with Gasteiger partial charge in [0.25, 0.3) is 0 Å². The van der Waals surface area contributed by atoms with E-state index in [1.807, 2.05) is 20.8 Å². The number of hydrogen-bond acceptors (Lipinski definition) is 5. The fourth-order valence-electron chi connectivity index (χ4n) is 6.53. The molecule has 0 radical (unpaired) electrons. The second-order valence-corrected chi connectivity index (χ2v) is 14.0. The van der Waals surface area contributed by atoms with Gasteiger partial charge in [0.05, 0.1) is 12.7 Å². The maximum atomic E-state index is 13.6. The Morgan fingerprint density at radius 1 is 0.921 bits per heavy atom. The molecule has 7 nitrogen and oxygen atoms in total. The van der Waals surface area contributed by atoms with Gasteiger partial charge in [-0.05, 0) is 102 Å². The Bertz CT molecular complexity index is 730. The molecule has 2 atom stereocenters. The Morgan fingerprint density at radius 2 is 1.58 bits per heavy atom. The van der Waals surface area contributed by atoms with E-state index in [4.69, 9.17) is 9.47 Å². The van der Waals surface area contributed by atoms with Gasteiger partial charge in [0, 0.05) is 19.6 Å². The molecule has 1 saturated heterocycles. The van der Waals surface area contributed by atoms with Crippen LogP contribution in [0.15, 0.2) is 0 Å². The summed E-state index contributed by atoms with van der Waals surface area (Å²) in [5, 5.41) is 6.82. The van der Waals surface area contributed by atoms with E-state index in [9.17, 15) is 9.59 Å². The van der Waals surface area contributed by atoms with Gasteiger partial charge in [-0.1, -0.05) is 39.5 Å². The van der Waals surface area contributed by atoms with Crippen LogP contribution in [0.25, 0.3) is 0 Å². The maximum Gasteiger partial charge on any atom is 0.410 e. The van der Waals surface area contributed by atoms with Crippen molar-refractivity contribution in [3.8, 4) is 0 Å². The third-order valence-corrected chi connectivity index (χ3v) is 9.18. The van der Waals surface area contributed by atoms with E-state index in [1.165, 1.54) is 56.3 Å². The summed E-state index contributed by atoms with van der Waals surface area (Å²) in [7, 11) is 1.72. The smallest absolute Gasteiger partial charge is 0.410 e. The first-order chi connectivity index (χ1) is 17.9. The number of ether oxygens (including phenoxy) is 2. The second kappa shape index (κ2) is 14.3. The second-order valence-electron chi connectivity index (χ2n) is 14.0. The third-order valence-electron chi connectivity index (χ3n) is 9.18. The van der Waals surface area contributed by atoms with E-state index < -0.39 is 17.7 Å². The average Bonchev–Trinajstić information content (AvgIpc) is 2.89. The number of piperidine rings is 1. The zero-order valence-electron chi connectivity index (χ0n) is 25.3. The highest BCUT2D eigenvalue weighted by Gasteiger charge is 2.36. The molecule has 3 fully saturated rings. The summed E-state index contributed by atoms with van der Waals surface area (Å²) in [5.41, 5.74) is -0.550. The molecule has 7 heteroatoms. The van der Waals surface area contributed by atoms with Crippen molar-refractivity contribution in [1.29, 1.82) is 0 Å². The SMILES string of the molecule is CN(C(=O)OC(C)(C)C)C(CC1CCC(OCC2CCCCN2)CC1)C(=O)NCC(C)(C)C1CCCCC1. The number of likely N-dealkylation sites (N-methyl/N-ethyl adjacent to an activating group) is 1. The molecule has 0 aromatic carbocycles. The van der Waals surface area contributed by atoms with Crippen LogP contribution in [-0.4, -0.2) is 67.4 Å². The van der Waals surface area contributed by atoms with Crippen molar-refractivity contribution in [2.24, 2.45) is 17.3 Å². The number of nitrogens with zero attached hydrogens (tertiary/aromatic N) is 1. The quantitative estimate of drug-likeness (QED) is 0.356. The summed E-state index contributed by atoms with van der Waals surface area (Å²) in [4.78, 5) is 28.1. The molecule has 1 aliphatic heterocycles. The molecule has 2 amide bonds. The third kappa shape index (κ3) is 10.0. The van der Waals surface area contributed by atoms with Crippen LogP contribution in [0.1, 0.15) is 118 Å². The van der Waals surface area contributed by atoms with E-state index in [-0.39, 0.29) is 11.3 Å². The first-order valence-electron chi connectivity index (χ1n) is 15.5. The molecule has 1 heterocycles. The fourth-order valence-corrected chi connectivity index (χ4v) is 6.53. The van der Waals surface area contributed by atoms with Crippen LogP contribution in [0.5, 0.6) is 0 Å². The predicted molar refractivity (Wildman–Crippen MR) is 153 cm³/mol. The normalized spacial score (nSPS) is 26.4. The number of nitrogens with one attached hydrogen (secondary N) is 2. The number of carbonyl (C=O) groups excluding carboxylic acids is 2. The van der Waals surface area contributed by atoms with Crippen molar-refractivity contribution in [1.82, 2.24) is 15.5 Å². The van der Waals surface area contributed by atoms with Gasteiger partial charge in [0.1, 0.15) is 11.6 Å². The monoisotopic (exact) mass is 535 g/mol. The minimum Gasteiger partial charge on any atom is -0.444 e. The number of amides is 2. The molecule has 0 bridgehead atoms. The maximum absolute atomic E-state index is 13.6. The first-order valence-corrected chi connectivity index (χ1v) is 15.5. The van der Waals surface area contributed by atoms with Crippen molar-refractivity contribution in [2.75, 3.05) is 26.7 Å². The van der Waals surface area contributed by atoms with Crippen LogP contribution in [0, 0.1) is 17.3 Å². The highest BCUT2D eigenvalue weighted by molar-refractivity contribution is 5.85. The Balaban J connectivity index is 1.55. The Hall–Kier alpha value is -1.34. The van der Waals surface area contributed by atoms with E-state index in [0.29, 0.717) is 36.9 Å². The van der Waals surface area contributed by atoms with Gasteiger partial charge in [-0.25, -0.2) is 4.79 Å². The minimum atomic E-state index is -0.599. The van der Waals surface area contributed by atoms with Gasteiger partial charge < -0.3 is 20.1 Å². The lowest BCUT2D eigenvalue weighted by Gasteiger charge is -2.38. The molecular formula is C31H57N3O4. The van der Waals surface area contributed by atoms with Gasteiger partial charge in [0.2, 0.25) is 5.91 Å². The fraction of sp³-hybridized carbons (Fsp3) is 0.935. The van der Waals surface area contributed by atoms with Crippen molar-refractivity contribution in [3.05, 3.63) is 0 Å². The minimum absolute atomic E-state index is 0.0493. The van der Waals surface area contributed by atoms with Gasteiger partial charge in [-0.15, -0.1) is 0 Å². The molecule has 0 spiro atoms. The standard InChI is InChI=1S/C31H57N3O4/c1-30(2,3)38-29(36)34(6)27(28(35)33-22-31(4,5)24-12-8-7-9-13-24)20-23-15-17-26(18-16-23)37-21-25-14-10-11-19-32-25/h23-27,32H,7-22H2,1-6H3,(H,33,35). The first kappa shape index (κ1) is 31.2. The number of hydrogen-bond donors (Lipinski definition) is 2. The Kier molecular flexibility index (Phi) is 11.8. The Labute approximate surface area is 232 Å². The van der Waals surface area contributed by atoms with Crippen LogP contribution in [0.3, 0.4) is 0 Å². The molecular weight excluding hydrogens is 478 g/mol. The zero-order chi connectivity index (χ0) is 27.8. The number of carbonyl (C=O) groups is 2. The van der Waals surface area contributed by atoms with Crippen LogP contribution >= 0.6 is 0 Å². The molecule has 0 aromatic heterocycles. The van der Waals surface area contributed by atoms with Gasteiger partial charge >= 0.3 is 6.09 Å². The summed E-state index contributed by atoms with van der Waals surface area (Å²) in [6.45, 7) is 12.7. The summed E-state index contributed by atoms with van der Waals surface area (Å²) in [6, 6.07) is -0.0317. The molecule has 3 rings (SSSR count). The van der Waals surface area contributed by atoms with Crippen LogP contribution in [0.4, 0.5) is 4.79 Å². The Morgan fingerprint density at radius 3 is 2.18 bits per heavy atom. The molecule has 2 unspecified atom stereocenters. The number of rotatable bonds is 10. The molecule has 38 heavy (non-hydrogen) atoms. The molecule has 220 valence electrons. The van der Waals surface area contributed by atoms with E-state index in [1.54, 1.807) is 7.05 Å². The average molecular weight is 536 g/mol. The zero-order valence-corrected chi connectivity index (χ0v) is 25.3. The lowest BCUT2D eigenvalue weighted by atomic mass is 9.71. The van der Waals surface area contributed by atoms with Crippen LogP contribution in [0.2, 0.25) is 0 Å². The molecule has 2 saturated carbocycles. The summed E-state index contributed by atoms with van der Waals surface area (Å²) in [5.74, 6) is 0.983. The van der Waals surface area contributed by atoms with Crippen molar-refractivity contribution >= 4 is 12.0 Å². The summed E-state index contributed by atoms with van der Waals surface area (Å²) in [6.07, 6.45) is 14.8. The largest absolute Gasteiger partial charge is 0.444 e. The molecule has 0 aromatic rings. The van der Waals surface area contributed by atoms with Gasteiger partial charge in [-0.2, -0.15) is 0 Å². The summed E-state index contributed by atoms with van der Waals surface area (Å²) < 4.78 is 11.9. The highest BCUT2D eigenvalue weighted by atomic mass is 16.6. The molecule has 3 aliphatic rings. The predicted octanol–water partition coefficient (Wildman–Crippen LogP) is 6.05. The topological polar surface area (TPSA) is 79.9 Å². The van der Waals surface area contributed by atoms with Crippen molar-refractivity contribution in [2.45, 2.75) is 142 Å². The van der Waals surface area contributed by atoms with Crippen molar-refractivity contribution in [3.63, 3.8) is 0 Å². The van der Waals surface area contributed by atoms with Gasteiger partial charge in [0.15, 0.2) is 0 Å². The van der Waals surface area contributed by atoms with E-state index >= 15 is 0 Å². The van der Waals surface area contributed by atoms with Crippen molar-refractivity contribution < 1.29 is 19.1 Å². The van der Waals surface area contributed by atoms with Crippen LogP contribution < -0.4 is 10.6 Å². The summed E-state index contributed by atoms with van der Waals surface area (Å²) >= 11 is 0. The van der Waals surface area contributed by atoms with E-state index in [0.717, 1.165) is 38.8 Å². The molecule has 2 aliphatic carbocycles. The lowest BCUT2D eigenvalue weighted by molar-refractivity contribution is -0.127.